The van der Waals surface area contributed by atoms with Crippen molar-refractivity contribution in [3.63, 3.8) is 0 Å². The van der Waals surface area contributed by atoms with Gasteiger partial charge in [-0.3, -0.25) is 4.79 Å². The maximum atomic E-state index is 13.0. The lowest BCUT2D eigenvalue weighted by Crippen LogP contribution is -2.14. The normalized spacial score (nSPS) is 10.8. The molecule has 9 nitrogen and oxygen atoms in total. The second-order valence-electron chi connectivity index (χ2n) is 8.40. The number of halogens is 1. The van der Waals surface area contributed by atoms with Crippen LogP contribution in [-0.2, 0) is 0 Å². The molecule has 0 aliphatic heterocycles. The van der Waals surface area contributed by atoms with Crippen LogP contribution in [0.15, 0.2) is 59.0 Å². The number of carbonyl (C=O) groups is 1. The lowest BCUT2D eigenvalue weighted by atomic mass is 10.0. The molecule has 0 spiro atoms. The van der Waals surface area contributed by atoms with Gasteiger partial charge in [0, 0.05) is 16.8 Å². The van der Waals surface area contributed by atoms with Gasteiger partial charge in [-0.25, -0.2) is 0 Å². The fraction of sp³-hybridized carbons (Fsp3) is 0.222. The summed E-state index contributed by atoms with van der Waals surface area (Å²) in [5, 5.41) is 6.45. The minimum absolute atomic E-state index is 0.0151. The van der Waals surface area contributed by atoms with E-state index < -0.39 is 5.91 Å². The van der Waals surface area contributed by atoms with Crippen LogP contribution >= 0.6 is 11.6 Å². The summed E-state index contributed by atoms with van der Waals surface area (Å²) >= 11 is 6.36. The summed E-state index contributed by atoms with van der Waals surface area (Å²) < 4.78 is 22.3. The van der Waals surface area contributed by atoms with Crippen LogP contribution in [0.25, 0.3) is 0 Å². The first-order valence-electron chi connectivity index (χ1n) is 11.5. The molecule has 4 rings (SSSR count). The number of carbonyl (C=O) groups excluding carboxylic acids is 1. The van der Waals surface area contributed by atoms with E-state index in [1.54, 1.807) is 6.07 Å². The highest BCUT2D eigenvalue weighted by atomic mass is 35.5. The van der Waals surface area contributed by atoms with Gasteiger partial charge in [0.15, 0.2) is 11.4 Å². The monoisotopic (exact) mass is 522 g/mol. The van der Waals surface area contributed by atoms with Crippen molar-refractivity contribution in [1.29, 1.82) is 0 Å². The number of aryl methyl sites for hydroxylation is 1. The molecule has 1 amide bonds. The molecule has 0 saturated carbocycles. The first kappa shape index (κ1) is 25.8. The largest absolute Gasteiger partial charge is 0.479 e. The number of nitrogens with one attached hydrogen (secondary N) is 2. The van der Waals surface area contributed by atoms with Crippen LogP contribution in [-0.4, -0.2) is 30.1 Å². The number of anilines is 3. The standard InChI is InChI=1S/C27H27ClN4O5/c1-15(2)18-14-21(16(3)13-19(18)28)37-22-12-11-20(36-22)24(33)30-23-25(34-4)31-27(32-26(23)35-5)29-17-9-7-6-8-10-17/h6-15H,1-5H3,(H,30,33)(H,29,31,32). The number of aromatic nitrogens is 2. The Hall–Kier alpha value is -4.24. The number of hydrogen-bond acceptors (Lipinski definition) is 8. The van der Waals surface area contributed by atoms with E-state index in [4.69, 9.17) is 30.2 Å². The Morgan fingerprint density at radius 1 is 1.00 bits per heavy atom. The highest BCUT2D eigenvalue weighted by molar-refractivity contribution is 6.31. The second kappa shape index (κ2) is 11.2. The third kappa shape index (κ3) is 5.95. The molecular formula is C27H27ClN4O5. The lowest BCUT2D eigenvalue weighted by molar-refractivity contribution is 0.0990. The van der Waals surface area contributed by atoms with E-state index in [-0.39, 0.29) is 41.0 Å². The van der Waals surface area contributed by atoms with Crippen molar-refractivity contribution in [2.75, 3.05) is 24.9 Å². The van der Waals surface area contributed by atoms with Gasteiger partial charge in [0.05, 0.1) is 14.2 Å². The Bertz CT molecular complexity index is 1380. The fourth-order valence-corrected chi connectivity index (χ4v) is 3.97. The topological polar surface area (TPSA) is 108 Å². The molecule has 192 valence electrons. The molecule has 0 unspecified atom stereocenters. The summed E-state index contributed by atoms with van der Waals surface area (Å²) in [5.74, 6) is 0.881. The van der Waals surface area contributed by atoms with E-state index in [1.807, 2.05) is 63.2 Å². The summed E-state index contributed by atoms with van der Waals surface area (Å²) in [4.78, 5) is 21.7. The van der Waals surface area contributed by atoms with Crippen molar-refractivity contribution in [3.8, 4) is 23.5 Å². The number of hydrogen-bond donors (Lipinski definition) is 2. The van der Waals surface area contributed by atoms with Gasteiger partial charge in [-0.15, -0.1) is 0 Å². The smallest absolute Gasteiger partial charge is 0.291 e. The van der Waals surface area contributed by atoms with Gasteiger partial charge >= 0.3 is 0 Å². The second-order valence-corrected chi connectivity index (χ2v) is 8.81. The summed E-state index contributed by atoms with van der Waals surface area (Å²) in [6.45, 7) is 5.98. The molecule has 2 heterocycles. The maximum absolute atomic E-state index is 13.0. The van der Waals surface area contributed by atoms with Crippen molar-refractivity contribution < 1.29 is 23.4 Å². The number of ether oxygens (including phenoxy) is 3. The summed E-state index contributed by atoms with van der Waals surface area (Å²) in [6.07, 6.45) is 0. The van der Waals surface area contributed by atoms with E-state index in [9.17, 15) is 4.79 Å². The average molecular weight is 523 g/mol. The molecule has 2 aromatic carbocycles. The third-order valence-electron chi connectivity index (χ3n) is 5.43. The number of rotatable bonds is 9. The zero-order valence-corrected chi connectivity index (χ0v) is 21.8. The van der Waals surface area contributed by atoms with E-state index in [1.165, 1.54) is 20.3 Å². The molecule has 2 aromatic heterocycles. The van der Waals surface area contributed by atoms with Crippen LogP contribution < -0.4 is 24.8 Å². The molecule has 2 N–H and O–H groups in total. The third-order valence-corrected chi connectivity index (χ3v) is 5.76. The van der Waals surface area contributed by atoms with E-state index in [0.717, 1.165) is 16.8 Å². The molecule has 0 bridgehead atoms. The van der Waals surface area contributed by atoms with Gasteiger partial charge in [0.2, 0.25) is 17.7 Å². The van der Waals surface area contributed by atoms with Crippen LogP contribution in [0, 0.1) is 6.92 Å². The number of para-hydroxylation sites is 1. The molecule has 0 aliphatic rings. The van der Waals surface area contributed by atoms with Gasteiger partial charge in [0.25, 0.3) is 11.9 Å². The van der Waals surface area contributed by atoms with E-state index in [0.29, 0.717) is 10.8 Å². The molecule has 0 saturated heterocycles. The first-order valence-corrected chi connectivity index (χ1v) is 11.9. The van der Waals surface area contributed by atoms with Crippen molar-refractivity contribution in [2.24, 2.45) is 0 Å². The minimum Gasteiger partial charge on any atom is -0.479 e. The predicted octanol–water partition coefficient (Wildman–Crippen LogP) is 6.96. The van der Waals surface area contributed by atoms with Crippen LogP contribution in [0.4, 0.5) is 17.3 Å². The molecule has 10 heteroatoms. The quantitative estimate of drug-likeness (QED) is 0.243. The number of amides is 1. The Morgan fingerprint density at radius 2 is 1.68 bits per heavy atom. The van der Waals surface area contributed by atoms with E-state index >= 15 is 0 Å². The molecule has 0 fully saturated rings. The minimum atomic E-state index is -0.561. The zero-order valence-electron chi connectivity index (χ0n) is 21.1. The van der Waals surface area contributed by atoms with Crippen molar-refractivity contribution >= 4 is 34.8 Å². The van der Waals surface area contributed by atoms with Crippen molar-refractivity contribution in [2.45, 2.75) is 26.7 Å². The zero-order chi connectivity index (χ0) is 26.5. The first-order chi connectivity index (χ1) is 17.8. The lowest BCUT2D eigenvalue weighted by Gasteiger charge is -2.14. The number of nitrogens with zero attached hydrogens (tertiary/aromatic N) is 2. The molecular weight excluding hydrogens is 496 g/mol. The molecule has 37 heavy (non-hydrogen) atoms. The number of benzene rings is 2. The van der Waals surface area contributed by atoms with Gasteiger partial charge in [0.1, 0.15) is 5.75 Å². The molecule has 0 atom stereocenters. The summed E-state index contributed by atoms with van der Waals surface area (Å²) in [6, 6.07) is 16.2. The van der Waals surface area contributed by atoms with Crippen LogP contribution in [0.2, 0.25) is 5.02 Å². The molecule has 4 aromatic rings. The van der Waals surface area contributed by atoms with Gasteiger partial charge < -0.3 is 29.3 Å². The van der Waals surface area contributed by atoms with Gasteiger partial charge in [-0.2, -0.15) is 9.97 Å². The SMILES string of the molecule is COc1nc(Nc2ccccc2)nc(OC)c1NC(=O)c1ccc(Oc2cc(C(C)C)c(Cl)cc2C)o1. The van der Waals surface area contributed by atoms with E-state index in [2.05, 4.69) is 20.6 Å². The van der Waals surface area contributed by atoms with Crippen LogP contribution in [0.3, 0.4) is 0 Å². The average Bonchev–Trinajstić information content (AvgIpc) is 3.35. The predicted molar refractivity (Wildman–Crippen MR) is 142 cm³/mol. The highest BCUT2D eigenvalue weighted by Crippen LogP contribution is 2.36. The molecule has 0 radical (unpaired) electrons. The Morgan fingerprint density at radius 3 is 2.30 bits per heavy atom. The summed E-state index contributed by atoms with van der Waals surface area (Å²) in [5.41, 5.74) is 2.73. The molecule has 0 aliphatic carbocycles. The Balaban J connectivity index is 1.54. The maximum Gasteiger partial charge on any atom is 0.291 e. The van der Waals surface area contributed by atoms with Crippen molar-refractivity contribution in [1.82, 2.24) is 9.97 Å². The van der Waals surface area contributed by atoms with Crippen LogP contribution in [0.5, 0.6) is 23.5 Å². The van der Waals surface area contributed by atoms with Gasteiger partial charge in [-0.05, 0) is 54.3 Å². The number of furan rings is 1. The highest BCUT2D eigenvalue weighted by Gasteiger charge is 2.22. The number of methoxy groups -OCH3 is 2. The summed E-state index contributed by atoms with van der Waals surface area (Å²) in [7, 11) is 2.87. The van der Waals surface area contributed by atoms with Gasteiger partial charge in [-0.1, -0.05) is 43.6 Å². The van der Waals surface area contributed by atoms with Crippen LogP contribution in [0.1, 0.15) is 41.4 Å². The van der Waals surface area contributed by atoms with Crippen molar-refractivity contribution in [3.05, 3.63) is 76.5 Å². The Labute approximate surface area is 219 Å². The fourth-order valence-electron chi connectivity index (χ4n) is 3.53. The Kier molecular flexibility index (Phi) is 7.83.